The van der Waals surface area contributed by atoms with E-state index in [0.717, 1.165) is 16.9 Å². The van der Waals surface area contributed by atoms with Crippen LogP contribution >= 0.6 is 11.8 Å². The molecule has 0 bridgehead atoms. The molecule has 2 heterocycles. The van der Waals surface area contributed by atoms with Crippen LogP contribution in [0.1, 0.15) is 23.8 Å². The number of amides is 2. The van der Waals surface area contributed by atoms with E-state index in [1.807, 2.05) is 54.6 Å². The van der Waals surface area contributed by atoms with Crippen LogP contribution < -0.4 is 10.1 Å². The average molecular weight is 477 g/mol. The summed E-state index contributed by atoms with van der Waals surface area (Å²) in [5.41, 5.74) is 2.10. The fourth-order valence-corrected chi connectivity index (χ4v) is 4.16. The van der Waals surface area contributed by atoms with E-state index < -0.39 is 5.25 Å². The van der Waals surface area contributed by atoms with E-state index in [4.69, 9.17) is 9.26 Å². The van der Waals surface area contributed by atoms with Gasteiger partial charge in [-0.05, 0) is 43.2 Å². The van der Waals surface area contributed by atoms with E-state index in [0.29, 0.717) is 29.0 Å². The number of aliphatic imine (C=N–C) groups is 1. The Bertz CT molecular complexity index is 1240. The zero-order chi connectivity index (χ0) is 24.1. The molecule has 1 N–H and O–H groups in total. The van der Waals surface area contributed by atoms with Crippen LogP contribution in [0.3, 0.4) is 0 Å². The SMILES string of the molecule is COc1ccc(/C=C2\N=C(SC(C)C(=O)Nc3cc(C)on3)N(Cc3ccccc3)C2=O)cc1. The van der Waals surface area contributed by atoms with Gasteiger partial charge in [0.2, 0.25) is 5.91 Å². The number of hydrogen-bond donors (Lipinski definition) is 1. The van der Waals surface area contributed by atoms with Crippen molar-refractivity contribution < 1.29 is 18.8 Å². The van der Waals surface area contributed by atoms with Crippen molar-refractivity contribution in [1.29, 1.82) is 0 Å². The highest BCUT2D eigenvalue weighted by molar-refractivity contribution is 8.15. The molecule has 1 aliphatic heterocycles. The average Bonchev–Trinajstić information content (AvgIpc) is 3.38. The maximum Gasteiger partial charge on any atom is 0.278 e. The predicted molar refractivity (Wildman–Crippen MR) is 132 cm³/mol. The lowest BCUT2D eigenvalue weighted by Crippen LogP contribution is -2.33. The van der Waals surface area contributed by atoms with Crippen LogP contribution in [-0.2, 0) is 16.1 Å². The number of ether oxygens (including phenoxy) is 1. The molecule has 0 aliphatic carbocycles. The molecular weight excluding hydrogens is 452 g/mol. The van der Waals surface area contributed by atoms with Gasteiger partial charge in [-0.3, -0.25) is 14.5 Å². The number of aryl methyl sites for hydroxylation is 1. The molecule has 2 aromatic carbocycles. The van der Waals surface area contributed by atoms with Crippen LogP contribution in [0.5, 0.6) is 5.75 Å². The first-order valence-corrected chi connectivity index (χ1v) is 11.5. The molecule has 1 aromatic heterocycles. The fourth-order valence-electron chi connectivity index (χ4n) is 3.25. The standard InChI is InChI=1S/C25H24N4O4S/c1-16-13-22(28-33-16)27-23(30)17(2)34-25-26-21(14-18-9-11-20(32-3)12-10-18)24(31)29(25)15-19-7-5-4-6-8-19/h4-14,17H,15H2,1-3H3,(H,27,28,30)/b21-14-. The Balaban J connectivity index is 1.56. The fraction of sp³-hybridized carbons (Fsp3) is 0.200. The first-order chi connectivity index (χ1) is 16.4. The van der Waals surface area contributed by atoms with Gasteiger partial charge < -0.3 is 14.6 Å². The van der Waals surface area contributed by atoms with Crippen LogP contribution in [0.2, 0.25) is 0 Å². The largest absolute Gasteiger partial charge is 0.497 e. The van der Waals surface area contributed by atoms with Crippen molar-refractivity contribution in [3.8, 4) is 5.75 Å². The van der Waals surface area contributed by atoms with Crippen molar-refractivity contribution in [3.05, 3.63) is 83.2 Å². The zero-order valence-corrected chi connectivity index (χ0v) is 19.8. The number of thioether (sulfide) groups is 1. The van der Waals surface area contributed by atoms with Crippen molar-refractivity contribution in [3.63, 3.8) is 0 Å². The van der Waals surface area contributed by atoms with Crippen molar-refractivity contribution in [2.24, 2.45) is 4.99 Å². The van der Waals surface area contributed by atoms with Crippen molar-refractivity contribution in [2.45, 2.75) is 25.6 Å². The van der Waals surface area contributed by atoms with Crippen LogP contribution in [0, 0.1) is 6.92 Å². The molecule has 4 rings (SSSR count). The molecule has 0 fully saturated rings. The Hall–Kier alpha value is -3.85. The van der Waals surface area contributed by atoms with Gasteiger partial charge in [0.25, 0.3) is 5.91 Å². The van der Waals surface area contributed by atoms with Gasteiger partial charge in [-0.15, -0.1) is 0 Å². The number of rotatable bonds is 7. The Labute approximate surface area is 201 Å². The van der Waals surface area contributed by atoms with E-state index in [-0.39, 0.29) is 11.8 Å². The zero-order valence-electron chi connectivity index (χ0n) is 19.0. The smallest absolute Gasteiger partial charge is 0.278 e. The summed E-state index contributed by atoms with van der Waals surface area (Å²) in [6, 6.07) is 18.7. The lowest BCUT2D eigenvalue weighted by atomic mass is 10.1. The number of hydrogen-bond acceptors (Lipinski definition) is 7. The molecule has 1 unspecified atom stereocenters. The van der Waals surface area contributed by atoms with Crippen molar-refractivity contribution in [1.82, 2.24) is 10.1 Å². The summed E-state index contributed by atoms with van der Waals surface area (Å²) >= 11 is 1.22. The molecule has 3 aromatic rings. The minimum absolute atomic E-state index is 0.220. The molecule has 2 amide bonds. The number of benzene rings is 2. The van der Waals surface area contributed by atoms with Gasteiger partial charge >= 0.3 is 0 Å². The van der Waals surface area contributed by atoms with E-state index >= 15 is 0 Å². The first kappa shape index (κ1) is 23.3. The summed E-state index contributed by atoms with van der Waals surface area (Å²) in [6.45, 7) is 3.85. The third-order valence-corrected chi connectivity index (χ3v) is 6.13. The third kappa shape index (κ3) is 5.55. The van der Waals surface area contributed by atoms with Crippen LogP contribution in [0.4, 0.5) is 5.82 Å². The minimum atomic E-state index is -0.526. The first-order valence-electron chi connectivity index (χ1n) is 10.6. The number of amidine groups is 1. The number of anilines is 1. The predicted octanol–water partition coefficient (Wildman–Crippen LogP) is 4.49. The summed E-state index contributed by atoms with van der Waals surface area (Å²) in [5.74, 6) is 1.19. The Morgan fingerprint density at radius 3 is 2.59 bits per heavy atom. The number of nitrogens with one attached hydrogen (secondary N) is 1. The highest BCUT2D eigenvalue weighted by atomic mass is 32.2. The van der Waals surface area contributed by atoms with Gasteiger partial charge in [0.15, 0.2) is 11.0 Å². The number of carbonyl (C=O) groups excluding carboxylic acids is 2. The summed E-state index contributed by atoms with van der Waals surface area (Å²) in [6.07, 6.45) is 1.73. The maximum atomic E-state index is 13.3. The summed E-state index contributed by atoms with van der Waals surface area (Å²) in [4.78, 5) is 32.2. The summed E-state index contributed by atoms with van der Waals surface area (Å²) < 4.78 is 10.2. The van der Waals surface area contributed by atoms with Crippen LogP contribution in [-0.4, -0.2) is 39.4 Å². The molecule has 0 saturated carbocycles. The lowest BCUT2D eigenvalue weighted by molar-refractivity contribution is -0.123. The second-order valence-electron chi connectivity index (χ2n) is 7.65. The summed E-state index contributed by atoms with van der Waals surface area (Å²) in [5, 5.41) is 6.46. The van der Waals surface area contributed by atoms with Crippen LogP contribution in [0.15, 0.2) is 75.9 Å². The second kappa shape index (κ2) is 10.4. The van der Waals surface area contributed by atoms with Gasteiger partial charge in [-0.1, -0.05) is 59.4 Å². The third-order valence-electron chi connectivity index (χ3n) is 5.04. The molecule has 8 nitrogen and oxygen atoms in total. The molecule has 0 saturated heterocycles. The Morgan fingerprint density at radius 2 is 1.94 bits per heavy atom. The van der Waals surface area contributed by atoms with Gasteiger partial charge in [0.05, 0.1) is 18.9 Å². The van der Waals surface area contributed by atoms with Crippen LogP contribution in [0.25, 0.3) is 6.08 Å². The van der Waals surface area contributed by atoms with E-state index in [9.17, 15) is 9.59 Å². The number of methoxy groups -OCH3 is 1. The normalized spacial score (nSPS) is 15.4. The lowest BCUT2D eigenvalue weighted by Gasteiger charge is -2.19. The highest BCUT2D eigenvalue weighted by Crippen LogP contribution is 2.29. The highest BCUT2D eigenvalue weighted by Gasteiger charge is 2.33. The molecule has 1 aliphatic rings. The number of aromatic nitrogens is 1. The van der Waals surface area contributed by atoms with Crippen molar-refractivity contribution >= 4 is 40.6 Å². The van der Waals surface area contributed by atoms with Gasteiger partial charge in [0, 0.05) is 6.07 Å². The topological polar surface area (TPSA) is 97.0 Å². The molecule has 9 heteroatoms. The second-order valence-corrected chi connectivity index (χ2v) is 8.95. The van der Waals surface area contributed by atoms with Crippen molar-refractivity contribution in [2.75, 3.05) is 12.4 Å². The summed E-state index contributed by atoms with van der Waals surface area (Å²) in [7, 11) is 1.60. The minimum Gasteiger partial charge on any atom is -0.497 e. The van der Waals surface area contributed by atoms with Gasteiger partial charge in [-0.25, -0.2) is 4.99 Å². The molecule has 0 radical (unpaired) electrons. The molecular formula is C25H24N4O4S. The van der Waals surface area contributed by atoms with E-state index in [2.05, 4.69) is 15.5 Å². The Kier molecular flexibility index (Phi) is 7.12. The molecule has 174 valence electrons. The maximum absolute atomic E-state index is 13.3. The van der Waals surface area contributed by atoms with Gasteiger partial charge in [0.1, 0.15) is 17.2 Å². The van der Waals surface area contributed by atoms with Gasteiger partial charge in [-0.2, -0.15) is 0 Å². The molecule has 0 spiro atoms. The quantitative estimate of drug-likeness (QED) is 0.505. The Morgan fingerprint density at radius 1 is 1.21 bits per heavy atom. The van der Waals surface area contributed by atoms with E-state index in [1.54, 1.807) is 38.0 Å². The molecule has 34 heavy (non-hydrogen) atoms. The number of carbonyl (C=O) groups is 2. The monoisotopic (exact) mass is 476 g/mol. The molecule has 1 atom stereocenters. The van der Waals surface area contributed by atoms with E-state index in [1.165, 1.54) is 11.8 Å². The number of nitrogens with zero attached hydrogens (tertiary/aromatic N) is 3.